The SMILES string of the molecule is O=C(c1cc(Br)ccc1Cl)N(CCO)C1CCS(=O)(=O)C1. The number of aliphatic hydroxyl groups excluding tert-OH is 1. The molecule has 21 heavy (non-hydrogen) atoms. The first-order valence-electron chi connectivity index (χ1n) is 6.41. The number of hydrogen-bond donors (Lipinski definition) is 1. The van der Waals surface area contributed by atoms with Crippen LogP contribution in [-0.2, 0) is 9.84 Å². The van der Waals surface area contributed by atoms with E-state index in [0.29, 0.717) is 21.5 Å². The molecule has 0 saturated carbocycles. The minimum absolute atomic E-state index is 0.0651. The summed E-state index contributed by atoms with van der Waals surface area (Å²) >= 11 is 9.33. The Kier molecular flexibility index (Phi) is 5.29. The van der Waals surface area contributed by atoms with Crippen molar-refractivity contribution in [2.75, 3.05) is 24.7 Å². The van der Waals surface area contributed by atoms with Crippen LogP contribution < -0.4 is 0 Å². The Balaban J connectivity index is 2.30. The number of rotatable bonds is 4. The summed E-state index contributed by atoms with van der Waals surface area (Å²) in [6, 6.07) is 4.50. The van der Waals surface area contributed by atoms with Gasteiger partial charge in [-0.2, -0.15) is 0 Å². The minimum atomic E-state index is -3.11. The lowest BCUT2D eigenvalue weighted by Gasteiger charge is -2.28. The lowest BCUT2D eigenvalue weighted by molar-refractivity contribution is 0.0655. The zero-order chi connectivity index (χ0) is 15.6. The van der Waals surface area contributed by atoms with Gasteiger partial charge in [-0.3, -0.25) is 4.79 Å². The second kappa shape index (κ2) is 6.64. The van der Waals surface area contributed by atoms with Gasteiger partial charge in [0.05, 0.1) is 28.7 Å². The molecule has 1 aromatic rings. The molecule has 1 amide bonds. The number of aliphatic hydroxyl groups is 1. The van der Waals surface area contributed by atoms with E-state index in [2.05, 4.69) is 15.9 Å². The van der Waals surface area contributed by atoms with Gasteiger partial charge in [-0.1, -0.05) is 27.5 Å². The van der Waals surface area contributed by atoms with Crippen LogP contribution in [0.5, 0.6) is 0 Å². The Hall–Kier alpha value is -0.630. The third-order valence-electron chi connectivity index (χ3n) is 3.41. The molecule has 1 unspecified atom stereocenters. The largest absolute Gasteiger partial charge is 0.395 e. The molecule has 1 N–H and O–H groups in total. The van der Waals surface area contributed by atoms with Crippen LogP contribution in [0.4, 0.5) is 0 Å². The van der Waals surface area contributed by atoms with Gasteiger partial charge < -0.3 is 10.0 Å². The Labute approximate surface area is 136 Å². The van der Waals surface area contributed by atoms with E-state index in [9.17, 15) is 13.2 Å². The van der Waals surface area contributed by atoms with Gasteiger partial charge in [-0.05, 0) is 24.6 Å². The van der Waals surface area contributed by atoms with Crippen molar-refractivity contribution in [2.24, 2.45) is 0 Å². The molecule has 8 heteroatoms. The molecule has 0 aromatic heterocycles. The predicted molar refractivity (Wildman–Crippen MR) is 84.3 cm³/mol. The summed E-state index contributed by atoms with van der Waals surface area (Å²) in [5, 5.41) is 9.46. The molecule has 1 saturated heterocycles. The van der Waals surface area contributed by atoms with Gasteiger partial charge >= 0.3 is 0 Å². The molecule has 0 spiro atoms. The second-order valence-corrected chi connectivity index (χ2v) is 8.45. The number of halogens is 2. The molecular weight excluding hydrogens is 382 g/mol. The highest BCUT2D eigenvalue weighted by atomic mass is 79.9. The molecular formula is C13H15BrClNO4S. The minimum Gasteiger partial charge on any atom is -0.395 e. The molecule has 0 bridgehead atoms. The number of benzene rings is 1. The maximum atomic E-state index is 12.6. The van der Waals surface area contributed by atoms with E-state index < -0.39 is 15.9 Å². The van der Waals surface area contributed by atoms with E-state index in [0.717, 1.165) is 0 Å². The van der Waals surface area contributed by atoms with Gasteiger partial charge in [0.2, 0.25) is 0 Å². The second-order valence-electron chi connectivity index (χ2n) is 4.90. The topological polar surface area (TPSA) is 74.7 Å². The molecule has 1 aliphatic rings. The summed E-state index contributed by atoms with van der Waals surface area (Å²) in [6.45, 7) is -0.143. The zero-order valence-corrected chi connectivity index (χ0v) is 14.3. The van der Waals surface area contributed by atoms with Crippen molar-refractivity contribution >= 4 is 43.3 Å². The highest BCUT2D eigenvalue weighted by molar-refractivity contribution is 9.10. The highest BCUT2D eigenvalue weighted by Crippen LogP contribution is 2.25. The van der Waals surface area contributed by atoms with Crippen LogP contribution in [0.3, 0.4) is 0 Å². The van der Waals surface area contributed by atoms with Crippen molar-refractivity contribution < 1.29 is 18.3 Å². The van der Waals surface area contributed by atoms with Crippen LogP contribution in [0, 0.1) is 0 Å². The van der Waals surface area contributed by atoms with E-state index in [1.807, 2.05) is 0 Å². The number of hydrogen-bond acceptors (Lipinski definition) is 4. The summed E-state index contributed by atoms with van der Waals surface area (Å²) in [5.41, 5.74) is 0.295. The third kappa shape index (κ3) is 3.97. The fourth-order valence-electron chi connectivity index (χ4n) is 2.39. The number of nitrogens with zero attached hydrogens (tertiary/aromatic N) is 1. The molecule has 116 valence electrons. The maximum absolute atomic E-state index is 12.6. The van der Waals surface area contributed by atoms with Gasteiger partial charge in [-0.25, -0.2) is 8.42 Å². The molecule has 0 aliphatic carbocycles. The summed E-state index contributed by atoms with van der Waals surface area (Å²) in [4.78, 5) is 14.0. The van der Waals surface area contributed by atoms with Gasteiger partial charge in [-0.15, -0.1) is 0 Å². The van der Waals surface area contributed by atoms with Gasteiger partial charge in [0.1, 0.15) is 0 Å². The predicted octanol–water partition coefficient (Wildman–Crippen LogP) is 1.72. The van der Waals surface area contributed by atoms with Crippen molar-refractivity contribution in [1.29, 1.82) is 0 Å². The van der Waals surface area contributed by atoms with E-state index in [-0.39, 0.29) is 30.6 Å². The number of carbonyl (C=O) groups excluding carboxylic acids is 1. The van der Waals surface area contributed by atoms with Crippen LogP contribution >= 0.6 is 27.5 Å². The summed E-state index contributed by atoms with van der Waals surface area (Å²) < 4.78 is 23.9. The fourth-order valence-corrected chi connectivity index (χ4v) is 4.69. The normalized spacial score (nSPS) is 20.4. The van der Waals surface area contributed by atoms with Crippen molar-refractivity contribution in [2.45, 2.75) is 12.5 Å². The molecule has 1 fully saturated rings. The van der Waals surface area contributed by atoms with Crippen molar-refractivity contribution in [3.05, 3.63) is 33.3 Å². The maximum Gasteiger partial charge on any atom is 0.255 e. The van der Waals surface area contributed by atoms with Crippen LogP contribution in [0.25, 0.3) is 0 Å². The Morgan fingerprint density at radius 2 is 2.19 bits per heavy atom. The van der Waals surface area contributed by atoms with Crippen molar-refractivity contribution in [3.8, 4) is 0 Å². The molecule has 1 heterocycles. The smallest absolute Gasteiger partial charge is 0.255 e. The van der Waals surface area contributed by atoms with Crippen LogP contribution in [0.2, 0.25) is 5.02 Å². The number of carbonyl (C=O) groups is 1. The van der Waals surface area contributed by atoms with Crippen LogP contribution in [-0.4, -0.2) is 55.0 Å². The first kappa shape index (κ1) is 16.7. The van der Waals surface area contributed by atoms with Gasteiger partial charge in [0, 0.05) is 17.1 Å². The Morgan fingerprint density at radius 3 is 2.76 bits per heavy atom. The monoisotopic (exact) mass is 395 g/mol. The van der Waals surface area contributed by atoms with Crippen molar-refractivity contribution in [1.82, 2.24) is 4.90 Å². The van der Waals surface area contributed by atoms with E-state index in [1.54, 1.807) is 18.2 Å². The standard InChI is InChI=1S/C13H15BrClNO4S/c14-9-1-2-12(15)11(7-9)13(18)16(4-5-17)10-3-6-21(19,20)8-10/h1-2,7,10,17H,3-6,8H2. The summed E-state index contributed by atoms with van der Waals surface area (Å²) in [5.74, 6) is -0.360. The molecule has 2 rings (SSSR count). The van der Waals surface area contributed by atoms with Gasteiger partial charge in [0.25, 0.3) is 5.91 Å². The lowest BCUT2D eigenvalue weighted by atomic mass is 10.1. The van der Waals surface area contributed by atoms with E-state index in [1.165, 1.54) is 4.90 Å². The zero-order valence-electron chi connectivity index (χ0n) is 11.1. The van der Waals surface area contributed by atoms with E-state index in [4.69, 9.17) is 16.7 Å². The molecule has 5 nitrogen and oxygen atoms in total. The van der Waals surface area contributed by atoms with Crippen LogP contribution in [0.1, 0.15) is 16.8 Å². The number of sulfone groups is 1. The Bertz CT molecular complexity index is 650. The lowest BCUT2D eigenvalue weighted by Crippen LogP contribution is -2.43. The average Bonchev–Trinajstić information content (AvgIpc) is 2.78. The summed E-state index contributed by atoms with van der Waals surface area (Å²) in [6.07, 6.45) is 0.389. The number of amides is 1. The third-order valence-corrected chi connectivity index (χ3v) is 5.98. The molecule has 1 atom stereocenters. The van der Waals surface area contributed by atoms with Crippen molar-refractivity contribution in [3.63, 3.8) is 0 Å². The Morgan fingerprint density at radius 1 is 1.48 bits per heavy atom. The first-order valence-corrected chi connectivity index (χ1v) is 9.40. The van der Waals surface area contributed by atoms with E-state index >= 15 is 0 Å². The van der Waals surface area contributed by atoms with Gasteiger partial charge in [0.15, 0.2) is 9.84 Å². The first-order chi connectivity index (χ1) is 9.84. The molecule has 1 aliphatic heterocycles. The summed E-state index contributed by atoms with van der Waals surface area (Å²) in [7, 11) is -3.11. The highest BCUT2D eigenvalue weighted by Gasteiger charge is 2.35. The molecule has 1 aromatic carbocycles. The quantitative estimate of drug-likeness (QED) is 0.841. The molecule has 0 radical (unpaired) electrons. The van der Waals surface area contributed by atoms with Crippen LogP contribution in [0.15, 0.2) is 22.7 Å². The average molecular weight is 397 g/mol. The fraction of sp³-hybridized carbons (Fsp3) is 0.462.